The topological polar surface area (TPSA) is 116 Å². The summed E-state index contributed by atoms with van der Waals surface area (Å²) in [6, 6.07) is 0. The minimum Gasteiger partial charge on any atom is -0.497 e. The lowest BCUT2D eigenvalue weighted by atomic mass is 10.1. The summed E-state index contributed by atoms with van der Waals surface area (Å²) in [5.74, 6) is -1.61. The first-order chi connectivity index (χ1) is 11.7. The first-order valence-electron chi connectivity index (χ1n) is 7.70. The van der Waals surface area contributed by atoms with Crippen LogP contribution in [0, 0.1) is 13.8 Å². The van der Waals surface area contributed by atoms with Gasteiger partial charge in [-0.25, -0.2) is 19.6 Å². The van der Waals surface area contributed by atoms with Crippen molar-refractivity contribution in [1.82, 2.24) is 9.97 Å². The number of aromatic nitrogens is 2. The molecular formula is C17H24N2O6. The highest BCUT2D eigenvalue weighted by Gasteiger charge is 2.19. The molecule has 0 aliphatic rings. The molecule has 0 radical (unpaired) electrons. The average molecular weight is 352 g/mol. The summed E-state index contributed by atoms with van der Waals surface area (Å²) in [6.07, 6.45) is 1.36. The molecule has 0 aromatic carbocycles. The van der Waals surface area contributed by atoms with Gasteiger partial charge in [0.2, 0.25) is 0 Å². The molecule has 8 nitrogen and oxygen atoms in total. The van der Waals surface area contributed by atoms with Crippen LogP contribution in [0.3, 0.4) is 0 Å². The molecule has 1 aromatic rings. The maximum absolute atomic E-state index is 11.3. The Kier molecular flexibility index (Phi) is 9.69. The Balaban J connectivity index is 0.000000472. The van der Waals surface area contributed by atoms with E-state index in [1.807, 2.05) is 0 Å². The van der Waals surface area contributed by atoms with Crippen LogP contribution in [-0.2, 0) is 19.1 Å². The van der Waals surface area contributed by atoms with E-state index in [0.717, 1.165) is 0 Å². The minimum atomic E-state index is -0.972. The van der Waals surface area contributed by atoms with Crippen LogP contribution in [0.25, 0.3) is 0 Å². The number of rotatable bonds is 6. The number of nitrogens with zero attached hydrogens (tertiary/aromatic N) is 2. The van der Waals surface area contributed by atoms with Crippen molar-refractivity contribution in [3.05, 3.63) is 34.6 Å². The smallest absolute Gasteiger partial charge is 0.345 e. The number of ketones is 1. The molecule has 0 saturated carbocycles. The van der Waals surface area contributed by atoms with Crippen molar-refractivity contribution >= 4 is 17.7 Å². The van der Waals surface area contributed by atoms with Crippen LogP contribution in [0.1, 0.15) is 49.4 Å². The van der Waals surface area contributed by atoms with E-state index in [4.69, 9.17) is 14.6 Å². The van der Waals surface area contributed by atoms with Gasteiger partial charge in [-0.15, -0.1) is 0 Å². The third-order valence-electron chi connectivity index (χ3n) is 2.98. The number of hydrogen-bond acceptors (Lipinski definition) is 7. The number of carbonyl (C=O) groups is 3. The van der Waals surface area contributed by atoms with Gasteiger partial charge in [-0.3, -0.25) is 4.79 Å². The Morgan fingerprint density at radius 3 is 1.80 bits per heavy atom. The zero-order valence-corrected chi connectivity index (χ0v) is 15.4. The Hall–Kier alpha value is -2.77. The summed E-state index contributed by atoms with van der Waals surface area (Å²) < 4.78 is 9.83. The summed E-state index contributed by atoms with van der Waals surface area (Å²) in [4.78, 5) is 40.6. The van der Waals surface area contributed by atoms with E-state index < -0.39 is 11.9 Å². The highest BCUT2D eigenvalue weighted by atomic mass is 16.5. The minimum absolute atomic E-state index is 0.00583. The summed E-state index contributed by atoms with van der Waals surface area (Å²) in [6.45, 7) is 10.3. The monoisotopic (exact) mass is 352 g/mol. The second-order valence-corrected chi connectivity index (χ2v) is 4.87. The molecule has 0 aliphatic carbocycles. The number of carboxylic acid groups (broad SMARTS) is 1. The third kappa shape index (κ3) is 7.11. The standard InChI is InChI=1S/C10H16O4.C7H8N2O2/c1-5-13-8(4)9(7(3)11)10(12)14-6-2;1-4-6(7(10)11)5(2)9-3-8-4/h5-6H2,1-4H3;3H,1-2H3,(H,10,11). The van der Waals surface area contributed by atoms with Gasteiger partial charge in [-0.2, -0.15) is 0 Å². The van der Waals surface area contributed by atoms with Crippen LogP contribution >= 0.6 is 0 Å². The van der Waals surface area contributed by atoms with E-state index in [-0.39, 0.29) is 23.5 Å². The van der Waals surface area contributed by atoms with Gasteiger partial charge in [0, 0.05) is 0 Å². The van der Waals surface area contributed by atoms with Crippen LogP contribution in [-0.4, -0.2) is 46.0 Å². The molecule has 0 atom stereocenters. The maximum atomic E-state index is 11.3. The molecule has 0 spiro atoms. The number of aryl methyl sites for hydroxylation is 2. The fourth-order valence-electron chi connectivity index (χ4n) is 1.93. The Morgan fingerprint density at radius 2 is 1.48 bits per heavy atom. The molecule has 1 aromatic heterocycles. The molecule has 0 amide bonds. The van der Waals surface area contributed by atoms with E-state index in [9.17, 15) is 14.4 Å². The molecule has 0 fully saturated rings. The van der Waals surface area contributed by atoms with Gasteiger partial charge >= 0.3 is 11.9 Å². The largest absolute Gasteiger partial charge is 0.497 e. The van der Waals surface area contributed by atoms with Crippen molar-refractivity contribution in [2.45, 2.75) is 41.5 Å². The van der Waals surface area contributed by atoms with Crippen LogP contribution in [0.15, 0.2) is 17.7 Å². The van der Waals surface area contributed by atoms with E-state index in [2.05, 4.69) is 9.97 Å². The van der Waals surface area contributed by atoms with Gasteiger partial charge in [-0.1, -0.05) is 0 Å². The molecule has 1 N–H and O–H groups in total. The van der Waals surface area contributed by atoms with Crippen molar-refractivity contribution in [3.8, 4) is 0 Å². The van der Waals surface area contributed by atoms with E-state index in [1.54, 1.807) is 34.6 Å². The molecule has 138 valence electrons. The van der Waals surface area contributed by atoms with Crippen molar-refractivity contribution in [3.63, 3.8) is 0 Å². The predicted molar refractivity (Wildman–Crippen MR) is 90.1 cm³/mol. The third-order valence-corrected chi connectivity index (χ3v) is 2.98. The summed E-state index contributed by atoms with van der Waals surface area (Å²) in [5, 5.41) is 8.67. The molecule has 0 bridgehead atoms. The number of hydrogen-bond donors (Lipinski definition) is 1. The highest BCUT2D eigenvalue weighted by Crippen LogP contribution is 2.09. The molecule has 0 saturated heterocycles. The van der Waals surface area contributed by atoms with Gasteiger partial charge in [0.05, 0.1) is 24.6 Å². The molecule has 0 unspecified atom stereocenters. The quantitative estimate of drug-likeness (QED) is 0.272. The zero-order chi connectivity index (χ0) is 19.6. The number of aromatic carboxylic acids is 1. The SMILES string of the molecule is CCOC(=O)C(C(C)=O)=C(C)OCC.Cc1ncnc(C)c1C(=O)O. The fourth-order valence-corrected chi connectivity index (χ4v) is 1.93. The Labute approximate surface area is 146 Å². The second kappa shape index (κ2) is 10.9. The van der Waals surface area contributed by atoms with Crippen LogP contribution in [0.4, 0.5) is 0 Å². The fraction of sp³-hybridized carbons (Fsp3) is 0.471. The predicted octanol–water partition coefficient (Wildman–Crippen LogP) is 2.24. The van der Waals surface area contributed by atoms with Crippen molar-refractivity contribution < 1.29 is 29.0 Å². The van der Waals surface area contributed by atoms with Crippen molar-refractivity contribution in [1.29, 1.82) is 0 Å². The van der Waals surface area contributed by atoms with Gasteiger partial charge in [0.15, 0.2) is 5.78 Å². The summed E-state index contributed by atoms with van der Waals surface area (Å²) in [5.41, 5.74) is 1.20. The number of ether oxygens (including phenoxy) is 2. The van der Waals surface area contributed by atoms with Crippen LogP contribution < -0.4 is 0 Å². The maximum Gasteiger partial charge on any atom is 0.345 e. The first kappa shape index (κ1) is 22.2. The summed E-state index contributed by atoms with van der Waals surface area (Å²) in [7, 11) is 0. The Morgan fingerprint density at radius 1 is 1.00 bits per heavy atom. The normalized spacial score (nSPS) is 10.8. The first-order valence-corrected chi connectivity index (χ1v) is 7.70. The summed E-state index contributed by atoms with van der Waals surface area (Å²) >= 11 is 0. The van der Waals surface area contributed by atoms with Crippen LogP contribution in [0.5, 0.6) is 0 Å². The van der Waals surface area contributed by atoms with E-state index in [1.165, 1.54) is 13.3 Å². The molecule has 25 heavy (non-hydrogen) atoms. The van der Waals surface area contributed by atoms with Gasteiger partial charge in [-0.05, 0) is 41.5 Å². The lowest BCUT2D eigenvalue weighted by molar-refractivity contribution is -0.140. The molecule has 1 rings (SSSR count). The van der Waals surface area contributed by atoms with Gasteiger partial charge in [0.25, 0.3) is 0 Å². The Bertz CT molecular complexity index is 647. The van der Waals surface area contributed by atoms with Crippen LogP contribution in [0.2, 0.25) is 0 Å². The van der Waals surface area contributed by atoms with Gasteiger partial charge in [0.1, 0.15) is 23.2 Å². The lowest BCUT2D eigenvalue weighted by Gasteiger charge is -2.08. The average Bonchev–Trinajstić information content (AvgIpc) is 2.47. The molecule has 8 heteroatoms. The molecule has 1 heterocycles. The number of Topliss-reactive ketones (excluding diaryl/α,β-unsaturated/α-hetero) is 1. The van der Waals surface area contributed by atoms with Crippen molar-refractivity contribution in [2.24, 2.45) is 0 Å². The lowest BCUT2D eigenvalue weighted by Crippen LogP contribution is -2.16. The number of esters is 1. The highest BCUT2D eigenvalue weighted by molar-refractivity contribution is 6.16. The number of carboxylic acids is 1. The number of allylic oxidation sites excluding steroid dienone is 1. The molecule has 0 aliphatic heterocycles. The van der Waals surface area contributed by atoms with Gasteiger partial charge < -0.3 is 14.6 Å². The zero-order valence-electron chi connectivity index (χ0n) is 15.4. The number of carbonyl (C=O) groups excluding carboxylic acids is 2. The van der Waals surface area contributed by atoms with E-state index >= 15 is 0 Å². The van der Waals surface area contributed by atoms with Crippen molar-refractivity contribution in [2.75, 3.05) is 13.2 Å². The second-order valence-electron chi connectivity index (χ2n) is 4.87. The van der Waals surface area contributed by atoms with E-state index in [0.29, 0.717) is 23.8 Å². The molecular weight excluding hydrogens is 328 g/mol.